The first-order chi connectivity index (χ1) is 9.72. The van der Waals surface area contributed by atoms with Gasteiger partial charge in [0.2, 0.25) is 0 Å². The van der Waals surface area contributed by atoms with Crippen LogP contribution in [0.4, 0.5) is 0 Å². The van der Waals surface area contributed by atoms with Crippen molar-refractivity contribution in [2.24, 2.45) is 0 Å². The Hall–Kier alpha value is -1.39. The van der Waals surface area contributed by atoms with E-state index in [0.29, 0.717) is 30.7 Å². The number of rotatable bonds is 3. The number of esters is 1. The number of carbonyl (C=O) groups excluding carboxylic acids is 1. The summed E-state index contributed by atoms with van der Waals surface area (Å²) >= 11 is 0. The van der Waals surface area contributed by atoms with Gasteiger partial charge in [0.25, 0.3) is 0 Å². The number of ether oxygens (including phenoxy) is 2. The number of fused-ring (bicyclic) bond motifs is 5. The van der Waals surface area contributed by atoms with E-state index < -0.39 is 0 Å². The average molecular weight is 273 g/mol. The van der Waals surface area contributed by atoms with Gasteiger partial charge in [0.1, 0.15) is 18.3 Å². The lowest BCUT2D eigenvalue weighted by atomic mass is 9.99. The highest BCUT2D eigenvalue weighted by molar-refractivity contribution is 5.72. The number of piperidine rings is 1. The van der Waals surface area contributed by atoms with Crippen LogP contribution in [0.25, 0.3) is 0 Å². The van der Waals surface area contributed by atoms with Crippen LogP contribution in [0.1, 0.15) is 18.4 Å². The van der Waals surface area contributed by atoms with Crippen molar-refractivity contribution in [1.82, 2.24) is 4.90 Å². The van der Waals surface area contributed by atoms with E-state index >= 15 is 0 Å². The van der Waals surface area contributed by atoms with Crippen LogP contribution in [0, 0.1) is 0 Å². The smallest absolute Gasteiger partial charge is 0.310 e. The molecule has 4 rings (SSSR count). The van der Waals surface area contributed by atoms with Gasteiger partial charge in [0.15, 0.2) is 0 Å². The Kier molecular flexibility index (Phi) is 2.82. The number of morpholine rings is 1. The second-order valence-corrected chi connectivity index (χ2v) is 6.11. The maximum absolute atomic E-state index is 12.0. The SMILES string of the molecule is CN1C2CC(OC(=O)Cc3ccccc3)CC1[C@@H]1O[C@H]21. The quantitative estimate of drug-likeness (QED) is 0.616. The lowest BCUT2D eigenvalue weighted by molar-refractivity contribution is -0.152. The van der Waals surface area contributed by atoms with Crippen molar-refractivity contribution in [2.75, 3.05) is 7.05 Å². The minimum Gasteiger partial charge on any atom is -0.462 e. The standard InChI is InChI=1S/C16H19NO3/c1-17-12-8-11(9-13(17)16-15(12)20-16)19-14(18)7-10-5-3-2-4-6-10/h2-6,11-13,15-16H,7-9H2,1H3/t11?,12?,13?,15-,16+. The van der Waals surface area contributed by atoms with Gasteiger partial charge >= 0.3 is 5.97 Å². The van der Waals surface area contributed by atoms with E-state index in [1.54, 1.807) is 0 Å². The highest BCUT2D eigenvalue weighted by atomic mass is 16.6. The number of hydrogen-bond donors (Lipinski definition) is 0. The molecule has 3 heterocycles. The van der Waals surface area contributed by atoms with E-state index in [9.17, 15) is 4.79 Å². The van der Waals surface area contributed by atoms with Crippen LogP contribution in [0.2, 0.25) is 0 Å². The molecule has 0 radical (unpaired) electrons. The molecule has 0 aliphatic carbocycles. The molecule has 3 aliphatic heterocycles. The Balaban J connectivity index is 1.35. The van der Waals surface area contributed by atoms with Crippen molar-refractivity contribution in [3.63, 3.8) is 0 Å². The van der Waals surface area contributed by atoms with Gasteiger partial charge in [0.05, 0.1) is 6.42 Å². The number of likely N-dealkylation sites (N-methyl/N-ethyl adjacent to an activating group) is 1. The molecule has 1 aromatic rings. The van der Waals surface area contributed by atoms with E-state index in [0.717, 1.165) is 18.4 Å². The van der Waals surface area contributed by atoms with Crippen LogP contribution >= 0.6 is 0 Å². The fourth-order valence-electron chi connectivity index (χ4n) is 3.79. The molecular weight excluding hydrogens is 254 g/mol. The summed E-state index contributed by atoms with van der Waals surface area (Å²) in [6.45, 7) is 0. The molecule has 1 aromatic carbocycles. The van der Waals surface area contributed by atoms with Crippen LogP contribution in [0.15, 0.2) is 30.3 Å². The first-order valence-corrected chi connectivity index (χ1v) is 7.33. The normalized spacial score (nSPS) is 38.4. The van der Waals surface area contributed by atoms with Gasteiger partial charge in [-0.05, 0) is 12.6 Å². The van der Waals surface area contributed by atoms with Crippen molar-refractivity contribution in [2.45, 2.75) is 49.7 Å². The summed E-state index contributed by atoms with van der Waals surface area (Å²) in [7, 11) is 2.16. The van der Waals surface area contributed by atoms with E-state index in [1.165, 1.54) is 0 Å². The fraction of sp³-hybridized carbons (Fsp3) is 0.562. The maximum Gasteiger partial charge on any atom is 0.310 e. The fourth-order valence-corrected chi connectivity index (χ4v) is 3.79. The molecule has 20 heavy (non-hydrogen) atoms. The third-order valence-corrected chi connectivity index (χ3v) is 4.86. The molecule has 0 aromatic heterocycles. The van der Waals surface area contributed by atoms with Crippen molar-refractivity contribution < 1.29 is 14.3 Å². The second-order valence-electron chi connectivity index (χ2n) is 6.11. The zero-order chi connectivity index (χ0) is 13.7. The molecule has 0 N–H and O–H groups in total. The first kappa shape index (κ1) is 12.4. The molecule has 4 nitrogen and oxygen atoms in total. The van der Waals surface area contributed by atoms with Crippen molar-refractivity contribution >= 4 is 5.97 Å². The van der Waals surface area contributed by atoms with Gasteiger partial charge in [-0.25, -0.2) is 0 Å². The molecule has 106 valence electrons. The second kappa shape index (κ2) is 4.57. The predicted molar refractivity (Wildman–Crippen MR) is 73.3 cm³/mol. The van der Waals surface area contributed by atoms with Gasteiger partial charge < -0.3 is 9.47 Å². The molecular formula is C16H19NO3. The molecule has 5 atom stereocenters. The monoisotopic (exact) mass is 273 g/mol. The lowest BCUT2D eigenvalue weighted by Crippen LogP contribution is -2.47. The predicted octanol–water partition coefficient (Wildman–Crippen LogP) is 1.38. The minimum atomic E-state index is -0.111. The zero-order valence-corrected chi connectivity index (χ0v) is 11.6. The van der Waals surface area contributed by atoms with Crippen LogP contribution in [0.3, 0.4) is 0 Å². The number of benzene rings is 1. The van der Waals surface area contributed by atoms with E-state index in [1.807, 2.05) is 30.3 Å². The molecule has 3 fully saturated rings. The van der Waals surface area contributed by atoms with Gasteiger partial charge in [-0.2, -0.15) is 0 Å². The van der Waals surface area contributed by atoms with E-state index in [4.69, 9.17) is 9.47 Å². The summed E-state index contributed by atoms with van der Waals surface area (Å²) in [4.78, 5) is 14.4. The van der Waals surface area contributed by atoms with Gasteiger partial charge in [0, 0.05) is 24.9 Å². The molecule has 0 amide bonds. The molecule has 2 bridgehead atoms. The Bertz CT molecular complexity index is 500. The number of nitrogens with zero attached hydrogens (tertiary/aromatic N) is 1. The van der Waals surface area contributed by atoms with Crippen LogP contribution in [0.5, 0.6) is 0 Å². The number of carbonyl (C=O) groups is 1. The van der Waals surface area contributed by atoms with Crippen LogP contribution in [-0.2, 0) is 20.7 Å². The molecule has 4 heteroatoms. The summed E-state index contributed by atoms with van der Waals surface area (Å²) < 4.78 is 11.3. The summed E-state index contributed by atoms with van der Waals surface area (Å²) in [6, 6.07) is 10.6. The highest BCUT2D eigenvalue weighted by Gasteiger charge is 2.62. The molecule has 3 saturated heterocycles. The van der Waals surface area contributed by atoms with Crippen LogP contribution < -0.4 is 0 Å². The van der Waals surface area contributed by atoms with Crippen molar-refractivity contribution in [3.05, 3.63) is 35.9 Å². The Morgan fingerprint density at radius 2 is 1.90 bits per heavy atom. The van der Waals surface area contributed by atoms with Crippen molar-refractivity contribution in [1.29, 1.82) is 0 Å². The molecule has 0 saturated carbocycles. The van der Waals surface area contributed by atoms with Gasteiger partial charge in [-0.1, -0.05) is 30.3 Å². The van der Waals surface area contributed by atoms with Gasteiger partial charge in [-0.15, -0.1) is 0 Å². The first-order valence-electron chi connectivity index (χ1n) is 7.33. The zero-order valence-electron chi connectivity index (χ0n) is 11.6. The Labute approximate surface area is 118 Å². The third kappa shape index (κ3) is 2.03. The van der Waals surface area contributed by atoms with E-state index in [-0.39, 0.29) is 12.1 Å². The van der Waals surface area contributed by atoms with Crippen LogP contribution in [-0.4, -0.2) is 48.3 Å². The van der Waals surface area contributed by atoms with E-state index in [2.05, 4.69) is 11.9 Å². The Morgan fingerprint density at radius 1 is 1.25 bits per heavy atom. The number of hydrogen-bond acceptors (Lipinski definition) is 4. The third-order valence-electron chi connectivity index (χ3n) is 4.86. The summed E-state index contributed by atoms with van der Waals surface area (Å²) in [5.74, 6) is -0.111. The highest BCUT2D eigenvalue weighted by Crippen LogP contribution is 2.47. The average Bonchev–Trinajstić information content (AvgIpc) is 3.18. The molecule has 0 spiro atoms. The van der Waals surface area contributed by atoms with Crippen molar-refractivity contribution in [3.8, 4) is 0 Å². The summed E-state index contributed by atoms with van der Waals surface area (Å²) in [6.07, 6.45) is 3.04. The lowest BCUT2D eigenvalue weighted by Gasteiger charge is -2.37. The summed E-state index contributed by atoms with van der Waals surface area (Å²) in [5.41, 5.74) is 1.01. The largest absolute Gasteiger partial charge is 0.462 e. The topological polar surface area (TPSA) is 42.1 Å². The molecule has 3 aliphatic rings. The summed E-state index contributed by atoms with van der Waals surface area (Å²) in [5, 5.41) is 0. The van der Waals surface area contributed by atoms with Gasteiger partial charge in [-0.3, -0.25) is 9.69 Å². The Morgan fingerprint density at radius 3 is 2.55 bits per heavy atom. The molecule has 3 unspecified atom stereocenters. The maximum atomic E-state index is 12.0. The number of epoxide rings is 1. The minimum absolute atomic E-state index is 0.0637.